The molecule has 1 heterocycles. The molecule has 16 heavy (non-hydrogen) atoms. The topological polar surface area (TPSA) is 40.5 Å². The van der Waals surface area contributed by atoms with Crippen LogP contribution in [0, 0.1) is 0 Å². The van der Waals surface area contributed by atoms with Crippen molar-refractivity contribution in [2.75, 3.05) is 7.05 Å². The Hall–Kier alpha value is -0.390. The van der Waals surface area contributed by atoms with Crippen molar-refractivity contribution in [1.82, 2.24) is 4.90 Å². The van der Waals surface area contributed by atoms with Crippen LogP contribution >= 0.6 is 27.3 Å². The number of rotatable bonds is 5. The molecule has 1 N–H and O–H groups in total. The summed E-state index contributed by atoms with van der Waals surface area (Å²) in [4.78, 5) is 14.0. The molecule has 0 amide bonds. The molecular formula is C11H16BrNO2S. The summed E-state index contributed by atoms with van der Waals surface area (Å²) in [7, 11) is 1.95. The summed E-state index contributed by atoms with van der Waals surface area (Å²) in [5.74, 6) is -0.760. The average molecular weight is 306 g/mol. The van der Waals surface area contributed by atoms with Gasteiger partial charge in [0.05, 0.1) is 10.2 Å². The van der Waals surface area contributed by atoms with Crippen molar-refractivity contribution >= 4 is 33.2 Å². The van der Waals surface area contributed by atoms with E-state index in [4.69, 9.17) is 5.11 Å². The van der Waals surface area contributed by atoms with Crippen molar-refractivity contribution in [2.45, 2.75) is 32.4 Å². The molecule has 0 aliphatic carbocycles. The number of carboxylic acid groups (broad SMARTS) is 1. The first-order valence-corrected chi connectivity index (χ1v) is 6.59. The van der Waals surface area contributed by atoms with Gasteiger partial charge in [0.2, 0.25) is 0 Å². The van der Waals surface area contributed by atoms with Gasteiger partial charge in [0.15, 0.2) is 0 Å². The maximum atomic E-state index is 10.7. The lowest BCUT2D eigenvalue weighted by Crippen LogP contribution is -2.42. The zero-order chi connectivity index (χ0) is 12.3. The molecule has 0 aliphatic heterocycles. The minimum Gasteiger partial charge on any atom is -0.481 e. The monoisotopic (exact) mass is 305 g/mol. The molecule has 0 aliphatic rings. The summed E-state index contributed by atoms with van der Waals surface area (Å²) in [5, 5.41) is 8.84. The van der Waals surface area contributed by atoms with E-state index in [1.54, 1.807) is 11.3 Å². The molecule has 0 aromatic carbocycles. The largest absolute Gasteiger partial charge is 0.481 e. The summed E-state index contributed by atoms with van der Waals surface area (Å²) in [6.07, 6.45) is 0.149. The maximum Gasteiger partial charge on any atom is 0.305 e. The van der Waals surface area contributed by atoms with Crippen LogP contribution in [-0.2, 0) is 11.3 Å². The molecule has 0 saturated heterocycles. The van der Waals surface area contributed by atoms with E-state index in [2.05, 4.69) is 26.9 Å². The highest BCUT2D eigenvalue weighted by atomic mass is 79.9. The van der Waals surface area contributed by atoms with E-state index >= 15 is 0 Å². The third-order valence-electron chi connectivity index (χ3n) is 2.64. The summed E-state index contributed by atoms with van der Waals surface area (Å²) < 4.78 is 1.10. The Labute approximate surface area is 108 Å². The van der Waals surface area contributed by atoms with E-state index in [-0.39, 0.29) is 12.0 Å². The molecule has 1 aromatic rings. The highest BCUT2D eigenvalue weighted by molar-refractivity contribution is 9.11. The number of halogens is 1. The maximum absolute atomic E-state index is 10.7. The number of carboxylic acids is 1. The van der Waals surface area contributed by atoms with Crippen molar-refractivity contribution in [3.05, 3.63) is 20.8 Å². The van der Waals surface area contributed by atoms with E-state index in [9.17, 15) is 4.79 Å². The first-order valence-electron chi connectivity index (χ1n) is 4.98. The van der Waals surface area contributed by atoms with Crippen molar-refractivity contribution < 1.29 is 9.90 Å². The Morgan fingerprint density at radius 3 is 2.62 bits per heavy atom. The number of aliphatic carboxylic acids is 1. The fraction of sp³-hybridized carbons (Fsp3) is 0.545. The smallest absolute Gasteiger partial charge is 0.305 e. The van der Waals surface area contributed by atoms with E-state index in [0.717, 1.165) is 10.3 Å². The van der Waals surface area contributed by atoms with Crippen LogP contribution in [-0.4, -0.2) is 28.6 Å². The summed E-state index contributed by atoms with van der Waals surface area (Å²) in [5.41, 5.74) is -0.331. The summed E-state index contributed by atoms with van der Waals surface area (Å²) >= 11 is 5.10. The van der Waals surface area contributed by atoms with Gasteiger partial charge in [-0.05, 0) is 49.0 Å². The van der Waals surface area contributed by atoms with Gasteiger partial charge in [0.1, 0.15) is 0 Å². The van der Waals surface area contributed by atoms with Crippen LogP contribution in [0.25, 0.3) is 0 Å². The van der Waals surface area contributed by atoms with E-state index in [0.29, 0.717) is 0 Å². The normalized spacial score (nSPS) is 12.1. The zero-order valence-corrected chi connectivity index (χ0v) is 12.1. The Kier molecular flexibility index (Phi) is 4.52. The Morgan fingerprint density at radius 1 is 1.56 bits per heavy atom. The summed E-state index contributed by atoms with van der Waals surface area (Å²) in [6, 6.07) is 4.07. The SMILES string of the molecule is CN(Cc1ccc(Br)s1)C(C)(C)CC(=O)O. The van der Waals surface area contributed by atoms with Gasteiger partial charge < -0.3 is 5.11 Å². The zero-order valence-electron chi connectivity index (χ0n) is 9.66. The van der Waals surface area contributed by atoms with E-state index < -0.39 is 5.97 Å². The fourth-order valence-corrected chi connectivity index (χ4v) is 2.93. The van der Waals surface area contributed by atoms with Crippen molar-refractivity contribution in [1.29, 1.82) is 0 Å². The highest BCUT2D eigenvalue weighted by Crippen LogP contribution is 2.26. The molecule has 5 heteroatoms. The average Bonchev–Trinajstić information content (AvgIpc) is 2.48. The van der Waals surface area contributed by atoms with Gasteiger partial charge in [-0.25, -0.2) is 0 Å². The first kappa shape index (κ1) is 13.7. The Morgan fingerprint density at radius 2 is 2.19 bits per heavy atom. The molecule has 3 nitrogen and oxygen atoms in total. The Balaban J connectivity index is 2.63. The highest BCUT2D eigenvalue weighted by Gasteiger charge is 2.26. The van der Waals surface area contributed by atoms with Crippen LogP contribution in [0.4, 0.5) is 0 Å². The third kappa shape index (κ3) is 3.88. The van der Waals surface area contributed by atoms with Crippen molar-refractivity contribution in [3.8, 4) is 0 Å². The molecular weight excluding hydrogens is 290 g/mol. The molecule has 0 radical (unpaired) electrons. The van der Waals surface area contributed by atoms with Crippen molar-refractivity contribution in [3.63, 3.8) is 0 Å². The third-order valence-corrected chi connectivity index (χ3v) is 4.25. The first-order chi connectivity index (χ1) is 7.31. The van der Waals surface area contributed by atoms with Crippen LogP contribution < -0.4 is 0 Å². The lowest BCUT2D eigenvalue weighted by molar-refractivity contribution is -0.139. The van der Waals surface area contributed by atoms with Crippen LogP contribution in [0.5, 0.6) is 0 Å². The predicted molar refractivity (Wildman–Crippen MR) is 69.8 cm³/mol. The second-order valence-electron chi connectivity index (χ2n) is 4.44. The van der Waals surface area contributed by atoms with Crippen LogP contribution in [0.15, 0.2) is 15.9 Å². The second kappa shape index (κ2) is 5.29. The number of carbonyl (C=O) groups is 1. The number of hydrogen-bond donors (Lipinski definition) is 1. The lowest BCUT2D eigenvalue weighted by atomic mass is 9.99. The molecule has 0 bridgehead atoms. The minimum atomic E-state index is -0.760. The van der Waals surface area contributed by atoms with Crippen LogP contribution in [0.3, 0.4) is 0 Å². The predicted octanol–water partition coefficient (Wildman–Crippen LogP) is 3.20. The van der Waals surface area contributed by atoms with Gasteiger partial charge >= 0.3 is 5.97 Å². The molecule has 0 unspecified atom stereocenters. The fourth-order valence-electron chi connectivity index (χ4n) is 1.39. The molecule has 1 aromatic heterocycles. The molecule has 0 saturated carbocycles. The Bertz CT molecular complexity index is 376. The molecule has 1 rings (SSSR count). The molecule has 0 spiro atoms. The van der Waals surface area contributed by atoms with Gasteiger partial charge in [-0.3, -0.25) is 9.69 Å². The quantitative estimate of drug-likeness (QED) is 0.908. The van der Waals surface area contributed by atoms with Crippen molar-refractivity contribution in [2.24, 2.45) is 0 Å². The number of hydrogen-bond acceptors (Lipinski definition) is 3. The number of nitrogens with zero attached hydrogens (tertiary/aromatic N) is 1. The van der Waals surface area contributed by atoms with Gasteiger partial charge in [0, 0.05) is 17.0 Å². The minimum absolute atomic E-state index is 0.149. The number of thiophene rings is 1. The van der Waals surface area contributed by atoms with E-state index in [1.807, 2.05) is 27.0 Å². The van der Waals surface area contributed by atoms with E-state index in [1.165, 1.54) is 4.88 Å². The standard InChI is InChI=1S/C11H16BrNO2S/c1-11(2,6-10(14)15)13(3)7-8-4-5-9(12)16-8/h4-5H,6-7H2,1-3H3,(H,14,15). The lowest BCUT2D eigenvalue weighted by Gasteiger charge is -2.34. The molecule has 90 valence electrons. The molecule has 0 atom stereocenters. The summed E-state index contributed by atoms with van der Waals surface area (Å²) in [6.45, 7) is 4.67. The van der Waals surface area contributed by atoms with Gasteiger partial charge in [-0.1, -0.05) is 0 Å². The van der Waals surface area contributed by atoms with Gasteiger partial charge in [0.25, 0.3) is 0 Å². The van der Waals surface area contributed by atoms with Crippen LogP contribution in [0.1, 0.15) is 25.1 Å². The van der Waals surface area contributed by atoms with Gasteiger partial charge in [-0.15, -0.1) is 11.3 Å². The van der Waals surface area contributed by atoms with Gasteiger partial charge in [-0.2, -0.15) is 0 Å². The molecule has 0 fully saturated rings. The second-order valence-corrected chi connectivity index (χ2v) is 6.99. The van der Waals surface area contributed by atoms with Crippen LogP contribution in [0.2, 0.25) is 0 Å².